The number of ether oxygens (including phenoxy) is 1. The Morgan fingerprint density at radius 2 is 1.39 bits per heavy atom. The van der Waals surface area contributed by atoms with Crippen LogP contribution < -0.4 is 10.1 Å². The predicted molar refractivity (Wildman–Crippen MR) is 186 cm³/mol. The fourth-order valence-electron chi connectivity index (χ4n) is 6.14. The molecule has 0 fully saturated rings. The summed E-state index contributed by atoms with van der Waals surface area (Å²) in [6, 6.07) is 34.2. The second-order valence-corrected chi connectivity index (χ2v) is 12.5. The third-order valence-electron chi connectivity index (χ3n) is 8.93. The van der Waals surface area contributed by atoms with Crippen molar-refractivity contribution in [2.75, 3.05) is 0 Å². The van der Waals surface area contributed by atoms with E-state index < -0.39 is 35.7 Å². The number of halogens is 3. The fourth-order valence-corrected chi connectivity index (χ4v) is 6.14. The van der Waals surface area contributed by atoms with Gasteiger partial charge in [-0.2, -0.15) is 13.2 Å². The molecular weight excluding hydrogens is 657 g/mol. The van der Waals surface area contributed by atoms with Crippen molar-refractivity contribution in [1.82, 2.24) is 10.2 Å². The van der Waals surface area contributed by atoms with E-state index in [9.17, 15) is 32.7 Å². The number of benzene rings is 5. The van der Waals surface area contributed by atoms with Crippen molar-refractivity contribution in [3.8, 4) is 16.9 Å². The van der Waals surface area contributed by atoms with Crippen LogP contribution in [-0.2, 0) is 53.0 Å². The van der Waals surface area contributed by atoms with Crippen LogP contribution in [0.4, 0.5) is 13.2 Å². The molecule has 5 aromatic rings. The minimum atomic E-state index is -4.43. The maximum atomic E-state index is 13.9. The summed E-state index contributed by atoms with van der Waals surface area (Å²) in [5.41, 5.74) is 4.87. The predicted octanol–water partition coefficient (Wildman–Crippen LogP) is 7.26. The number of carboxylic acids is 1. The number of carbonyl (C=O) groups is 3. The summed E-state index contributed by atoms with van der Waals surface area (Å²) in [6.07, 6.45) is -4.18. The van der Waals surface area contributed by atoms with Gasteiger partial charge in [-0.3, -0.25) is 9.59 Å². The maximum Gasteiger partial charge on any atom is 0.416 e. The molecule has 5 aromatic carbocycles. The highest BCUT2D eigenvalue weighted by atomic mass is 19.4. The van der Waals surface area contributed by atoms with Crippen LogP contribution >= 0.6 is 0 Å². The van der Waals surface area contributed by atoms with E-state index in [4.69, 9.17) is 4.74 Å². The molecule has 0 saturated heterocycles. The normalized spacial score (nSPS) is 14.6. The lowest BCUT2D eigenvalue weighted by molar-refractivity contribution is -0.145. The van der Waals surface area contributed by atoms with Crippen molar-refractivity contribution in [3.63, 3.8) is 0 Å². The first-order chi connectivity index (χ1) is 24.5. The molecule has 1 aliphatic rings. The molecule has 6 rings (SSSR count). The van der Waals surface area contributed by atoms with Crippen molar-refractivity contribution in [3.05, 3.63) is 161 Å². The topological polar surface area (TPSA) is 95.9 Å². The van der Waals surface area contributed by atoms with Gasteiger partial charge in [0.1, 0.15) is 24.4 Å². The van der Waals surface area contributed by atoms with Crippen LogP contribution in [0, 0.1) is 0 Å². The number of hydrogen-bond acceptors (Lipinski definition) is 4. The second-order valence-electron chi connectivity index (χ2n) is 12.5. The van der Waals surface area contributed by atoms with E-state index in [0.29, 0.717) is 11.3 Å². The summed E-state index contributed by atoms with van der Waals surface area (Å²) in [4.78, 5) is 41.5. The molecular formula is C41H35F3N2O5. The lowest BCUT2D eigenvalue weighted by Crippen LogP contribution is -2.56. The quantitative estimate of drug-likeness (QED) is 0.152. The lowest BCUT2D eigenvalue weighted by Gasteiger charge is -2.37. The van der Waals surface area contributed by atoms with E-state index in [1.807, 2.05) is 84.9 Å². The minimum Gasteiger partial charge on any atom is -0.489 e. The molecule has 0 bridgehead atoms. The summed E-state index contributed by atoms with van der Waals surface area (Å²) in [7, 11) is 0. The van der Waals surface area contributed by atoms with E-state index in [0.717, 1.165) is 45.5 Å². The van der Waals surface area contributed by atoms with Gasteiger partial charge in [0.15, 0.2) is 0 Å². The zero-order valence-electron chi connectivity index (χ0n) is 27.5. The molecule has 1 aliphatic heterocycles. The van der Waals surface area contributed by atoms with Gasteiger partial charge in [-0.15, -0.1) is 0 Å². The Hall–Kier alpha value is -5.90. The van der Waals surface area contributed by atoms with E-state index >= 15 is 0 Å². The number of rotatable bonds is 11. The average Bonchev–Trinajstić information content (AvgIpc) is 3.14. The van der Waals surface area contributed by atoms with E-state index in [1.54, 1.807) is 18.2 Å². The largest absolute Gasteiger partial charge is 0.489 e. The van der Waals surface area contributed by atoms with Gasteiger partial charge < -0.3 is 20.1 Å². The smallest absolute Gasteiger partial charge is 0.416 e. The molecule has 0 spiro atoms. The second kappa shape index (κ2) is 15.3. The zero-order chi connectivity index (χ0) is 36.0. The van der Waals surface area contributed by atoms with Gasteiger partial charge >= 0.3 is 12.1 Å². The van der Waals surface area contributed by atoms with Crippen molar-refractivity contribution < 1.29 is 37.4 Å². The lowest BCUT2D eigenvalue weighted by atomic mass is 9.92. The van der Waals surface area contributed by atoms with Gasteiger partial charge in [0.25, 0.3) is 0 Å². The van der Waals surface area contributed by atoms with Crippen LogP contribution in [0.25, 0.3) is 11.1 Å². The zero-order valence-corrected chi connectivity index (χ0v) is 27.5. The summed E-state index contributed by atoms with van der Waals surface area (Å²) >= 11 is 0. The van der Waals surface area contributed by atoms with Gasteiger partial charge in [0.2, 0.25) is 11.8 Å². The first-order valence-corrected chi connectivity index (χ1v) is 16.4. The molecule has 0 aliphatic carbocycles. The van der Waals surface area contributed by atoms with E-state index in [2.05, 4.69) is 5.32 Å². The summed E-state index contributed by atoms with van der Waals surface area (Å²) in [5, 5.41) is 12.8. The average molecular weight is 693 g/mol. The molecule has 0 aromatic heterocycles. The van der Waals surface area contributed by atoms with E-state index in [-0.39, 0.29) is 38.3 Å². The number of nitrogens with one attached hydrogen (secondary N) is 1. The highest BCUT2D eigenvalue weighted by Crippen LogP contribution is 2.31. The van der Waals surface area contributed by atoms with Gasteiger partial charge in [-0.1, -0.05) is 103 Å². The SMILES string of the molecule is O=C(O)[C@H](Cc1ccc(-c2ccccc2)cc1)NC(=O)[C@@H]1Cc2ccc(OCc3ccc(C(F)(F)F)cc3)cc2CN1C(=O)Cc1ccccc1. The number of aliphatic carboxylic acids is 1. The van der Waals surface area contributed by atoms with E-state index in [1.165, 1.54) is 17.0 Å². The van der Waals surface area contributed by atoms with Crippen molar-refractivity contribution in [2.24, 2.45) is 0 Å². The molecule has 2 atom stereocenters. The summed E-state index contributed by atoms with van der Waals surface area (Å²) in [6.45, 7) is 0.111. The number of nitrogens with zero attached hydrogens (tertiary/aromatic N) is 1. The Labute approximate surface area is 293 Å². The van der Waals surface area contributed by atoms with Gasteiger partial charge in [-0.25, -0.2) is 4.79 Å². The summed E-state index contributed by atoms with van der Waals surface area (Å²) < 4.78 is 44.8. The molecule has 0 saturated carbocycles. The Morgan fingerprint density at radius 1 is 0.765 bits per heavy atom. The molecule has 2 amide bonds. The van der Waals surface area contributed by atoms with Crippen LogP contribution in [0.2, 0.25) is 0 Å². The minimum absolute atomic E-state index is 0.0319. The van der Waals surface area contributed by atoms with Gasteiger partial charge in [0.05, 0.1) is 12.0 Å². The third kappa shape index (κ3) is 8.83. The fraction of sp³-hybridized carbons (Fsp3) is 0.195. The number of carbonyl (C=O) groups excluding carboxylic acids is 2. The molecule has 260 valence electrons. The number of fused-ring (bicyclic) bond motifs is 1. The van der Waals surface area contributed by atoms with Crippen molar-refractivity contribution in [2.45, 2.75) is 50.7 Å². The monoisotopic (exact) mass is 692 g/mol. The van der Waals surface area contributed by atoms with Crippen LogP contribution in [0.5, 0.6) is 5.75 Å². The Kier molecular flexibility index (Phi) is 10.5. The molecule has 0 unspecified atom stereocenters. The molecule has 10 heteroatoms. The standard InChI is InChI=1S/C41H35F3N2O5/c42-41(43,44)34-18-13-29(14-19-34)26-51-35-20-17-32-24-37(46(25-33(32)23-35)38(47)22-27-7-3-1-4-8-27)39(48)45-36(40(49)50)21-28-11-15-31(16-12-28)30-9-5-2-6-10-30/h1-20,23,36-37H,21-22,24-26H2,(H,45,48)(H,49,50)/t36-,37-/m0/s1. The van der Waals surface area contributed by atoms with Crippen LogP contribution in [0.1, 0.15) is 33.4 Å². The molecule has 0 radical (unpaired) electrons. The number of carboxylic acid groups (broad SMARTS) is 1. The Bertz CT molecular complexity index is 1980. The Morgan fingerprint density at radius 3 is 2.04 bits per heavy atom. The molecule has 1 heterocycles. The Balaban J connectivity index is 1.18. The number of amides is 2. The third-order valence-corrected chi connectivity index (χ3v) is 8.93. The molecule has 7 nitrogen and oxygen atoms in total. The van der Waals surface area contributed by atoms with Crippen molar-refractivity contribution >= 4 is 17.8 Å². The van der Waals surface area contributed by atoms with Crippen LogP contribution in [0.15, 0.2) is 127 Å². The number of hydrogen-bond donors (Lipinski definition) is 2. The first-order valence-electron chi connectivity index (χ1n) is 16.4. The van der Waals surface area contributed by atoms with Crippen LogP contribution in [0.3, 0.4) is 0 Å². The van der Waals surface area contributed by atoms with Crippen LogP contribution in [-0.4, -0.2) is 39.9 Å². The van der Waals surface area contributed by atoms with Gasteiger partial charge in [0, 0.05) is 19.4 Å². The molecule has 51 heavy (non-hydrogen) atoms. The van der Waals surface area contributed by atoms with Gasteiger partial charge in [-0.05, 0) is 63.2 Å². The molecule has 2 N–H and O–H groups in total. The number of alkyl halides is 3. The highest BCUT2D eigenvalue weighted by molar-refractivity contribution is 5.91. The van der Waals surface area contributed by atoms with Crippen molar-refractivity contribution in [1.29, 1.82) is 0 Å². The first kappa shape index (κ1) is 34.9. The maximum absolute atomic E-state index is 13.9. The highest BCUT2D eigenvalue weighted by Gasteiger charge is 2.36. The summed E-state index contributed by atoms with van der Waals surface area (Å²) in [5.74, 6) is -1.61.